The van der Waals surface area contributed by atoms with Gasteiger partial charge >= 0.3 is 0 Å². The minimum atomic E-state index is -0.414. The van der Waals surface area contributed by atoms with E-state index in [9.17, 15) is 5.11 Å². The van der Waals surface area contributed by atoms with Gasteiger partial charge in [0.15, 0.2) is 0 Å². The van der Waals surface area contributed by atoms with Gasteiger partial charge in [-0.1, -0.05) is 30.2 Å². The van der Waals surface area contributed by atoms with E-state index in [4.69, 9.17) is 16.3 Å². The molecular formula is C18H28ClNO2. The van der Waals surface area contributed by atoms with Crippen LogP contribution in [0.3, 0.4) is 0 Å². The highest BCUT2D eigenvalue weighted by molar-refractivity contribution is 6.30. The van der Waals surface area contributed by atoms with Gasteiger partial charge < -0.3 is 9.84 Å². The second kappa shape index (κ2) is 8.88. The highest BCUT2D eigenvalue weighted by Crippen LogP contribution is 2.22. The molecule has 0 saturated carbocycles. The maximum absolute atomic E-state index is 10.2. The van der Waals surface area contributed by atoms with Crippen LogP contribution in [0.5, 0.6) is 0 Å². The molecule has 2 rings (SSSR count). The van der Waals surface area contributed by atoms with Gasteiger partial charge in [0.2, 0.25) is 0 Å². The van der Waals surface area contributed by atoms with E-state index in [0.29, 0.717) is 19.2 Å². The maximum atomic E-state index is 10.2. The Morgan fingerprint density at radius 2 is 2.18 bits per heavy atom. The number of hydrogen-bond acceptors (Lipinski definition) is 3. The lowest BCUT2D eigenvalue weighted by atomic mass is 9.95. The normalized spacial score (nSPS) is 21.2. The lowest BCUT2D eigenvalue weighted by Gasteiger charge is -2.37. The van der Waals surface area contributed by atoms with Crippen LogP contribution in [-0.2, 0) is 11.2 Å². The smallest absolute Gasteiger partial charge is 0.0900 e. The zero-order valence-electron chi connectivity index (χ0n) is 13.7. The summed E-state index contributed by atoms with van der Waals surface area (Å²) in [5.74, 6) is 0. The molecular weight excluding hydrogens is 298 g/mol. The van der Waals surface area contributed by atoms with Gasteiger partial charge in [-0.25, -0.2) is 0 Å². The second-order valence-electron chi connectivity index (χ2n) is 6.51. The van der Waals surface area contributed by atoms with E-state index in [1.165, 1.54) is 24.8 Å². The molecule has 1 fully saturated rings. The largest absolute Gasteiger partial charge is 0.389 e. The third-order valence-electron chi connectivity index (χ3n) is 4.18. The lowest BCUT2D eigenvalue weighted by molar-refractivity contribution is -0.0184. The van der Waals surface area contributed by atoms with Crippen molar-refractivity contribution in [2.24, 2.45) is 0 Å². The van der Waals surface area contributed by atoms with Crippen molar-refractivity contribution >= 4 is 11.6 Å². The Morgan fingerprint density at radius 3 is 2.91 bits per heavy atom. The van der Waals surface area contributed by atoms with Crippen LogP contribution < -0.4 is 0 Å². The summed E-state index contributed by atoms with van der Waals surface area (Å²) in [6, 6.07) is 8.59. The van der Waals surface area contributed by atoms with Gasteiger partial charge in [0.25, 0.3) is 0 Å². The first-order valence-electron chi connectivity index (χ1n) is 8.32. The van der Waals surface area contributed by atoms with Gasteiger partial charge in [-0.3, -0.25) is 4.90 Å². The van der Waals surface area contributed by atoms with E-state index in [2.05, 4.69) is 11.0 Å². The van der Waals surface area contributed by atoms with E-state index in [0.717, 1.165) is 18.0 Å². The molecule has 2 atom stereocenters. The minimum Gasteiger partial charge on any atom is -0.389 e. The Hall–Kier alpha value is -0.610. The van der Waals surface area contributed by atoms with Crippen LogP contribution in [0, 0.1) is 0 Å². The van der Waals surface area contributed by atoms with Crippen LogP contribution in [-0.4, -0.2) is 48.0 Å². The van der Waals surface area contributed by atoms with Gasteiger partial charge in [0, 0.05) is 17.6 Å². The Kier molecular flexibility index (Phi) is 7.16. The molecule has 0 spiro atoms. The van der Waals surface area contributed by atoms with E-state index in [1.54, 1.807) is 0 Å². The number of aliphatic hydroxyl groups excluding tert-OH is 1. The van der Waals surface area contributed by atoms with E-state index in [-0.39, 0.29) is 6.10 Å². The zero-order chi connectivity index (χ0) is 15.9. The topological polar surface area (TPSA) is 32.7 Å². The first-order valence-corrected chi connectivity index (χ1v) is 8.70. The van der Waals surface area contributed by atoms with Gasteiger partial charge in [-0.05, 0) is 57.4 Å². The molecule has 1 aromatic rings. The molecule has 1 N–H and O–H groups in total. The third kappa shape index (κ3) is 5.88. The number of piperidine rings is 1. The van der Waals surface area contributed by atoms with Crippen molar-refractivity contribution in [1.82, 2.24) is 4.90 Å². The fourth-order valence-electron chi connectivity index (χ4n) is 3.09. The predicted molar refractivity (Wildman–Crippen MR) is 91.5 cm³/mol. The molecule has 1 saturated heterocycles. The molecule has 0 radical (unpaired) electrons. The van der Waals surface area contributed by atoms with Crippen LogP contribution in [0.4, 0.5) is 0 Å². The number of nitrogens with zero attached hydrogens (tertiary/aromatic N) is 1. The van der Waals surface area contributed by atoms with Crippen molar-refractivity contribution in [2.75, 3.05) is 19.7 Å². The first kappa shape index (κ1) is 17.7. The molecule has 1 aliphatic rings. The number of likely N-dealkylation sites (tertiary alicyclic amines) is 1. The quantitative estimate of drug-likeness (QED) is 0.832. The Bertz CT molecular complexity index is 452. The van der Waals surface area contributed by atoms with Crippen LogP contribution in [0.1, 0.15) is 38.7 Å². The minimum absolute atomic E-state index is 0.165. The highest BCUT2D eigenvalue weighted by Gasteiger charge is 2.24. The number of benzene rings is 1. The fourth-order valence-corrected chi connectivity index (χ4v) is 3.31. The Morgan fingerprint density at radius 1 is 1.36 bits per heavy atom. The lowest BCUT2D eigenvalue weighted by Crippen LogP contribution is -2.45. The molecule has 0 aromatic heterocycles. The van der Waals surface area contributed by atoms with Gasteiger partial charge in [0.05, 0.1) is 18.8 Å². The summed E-state index contributed by atoms with van der Waals surface area (Å²) in [7, 11) is 0. The molecule has 0 bridgehead atoms. The van der Waals surface area contributed by atoms with Crippen LogP contribution in [0.2, 0.25) is 5.02 Å². The van der Waals surface area contributed by atoms with Crippen molar-refractivity contribution in [3.8, 4) is 0 Å². The molecule has 22 heavy (non-hydrogen) atoms. The summed E-state index contributed by atoms with van der Waals surface area (Å²) in [5, 5.41) is 11.0. The summed E-state index contributed by atoms with van der Waals surface area (Å²) in [6.07, 6.45) is 4.41. The van der Waals surface area contributed by atoms with Crippen molar-refractivity contribution in [3.63, 3.8) is 0 Å². The molecule has 0 amide bonds. The second-order valence-corrected chi connectivity index (χ2v) is 6.95. The summed E-state index contributed by atoms with van der Waals surface area (Å²) >= 11 is 6.08. The molecule has 124 valence electrons. The molecule has 2 unspecified atom stereocenters. The molecule has 1 aromatic carbocycles. The summed E-state index contributed by atoms with van der Waals surface area (Å²) in [4.78, 5) is 2.42. The van der Waals surface area contributed by atoms with Crippen molar-refractivity contribution < 1.29 is 9.84 Å². The standard InChI is InChI=1S/C18H28ClNO2/c1-14(2)22-13-18(21)12-20-9-4-3-8-17(20)11-15-6-5-7-16(19)10-15/h5-7,10,14,17-18,21H,3-4,8-9,11-13H2,1-2H3. The highest BCUT2D eigenvalue weighted by atomic mass is 35.5. The zero-order valence-corrected chi connectivity index (χ0v) is 14.4. The molecule has 0 aliphatic carbocycles. The van der Waals surface area contributed by atoms with Crippen molar-refractivity contribution in [2.45, 2.75) is 57.8 Å². The fraction of sp³-hybridized carbons (Fsp3) is 0.667. The maximum Gasteiger partial charge on any atom is 0.0900 e. The third-order valence-corrected chi connectivity index (χ3v) is 4.41. The average molecular weight is 326 g/mol. The SMILES string of the molecule is CC(C)OCC(O)CN1CCCCC1Cc1cccc(Cl)c1. The molecule has 1 aliphatic heterocycles. The summed E-state index contributed by atoms with van der Waals surface area (Å²) in [5.41, 5.74) is 1.28. The monoisotopic (exact) mass is 325 g/mol. The molecule has 1 heterocycles. The first-order chi connectivity index (χ1) is 10.5. The van der Waals surface area contributed by atoms with Gasteiger partial charge in [0.1, 0.15) is 0 Å². The summed E-state index contributed by atoms with van der Waals surface area (Å²) < 4.78 is 5.52. The van der Waals surface area contributed by atoms with Crippen LogP contribution in [0.15, 0.2) is 24.3 Å². The molecule has 3 nitrogen and oxygen atoms in total. The number of rotatable bonds is 7. The van der Waals surface area contributed by atoms with E-state index < -0.39 is 6.10 Å². The molecule has 4 heteroatoms. The van der Waals surface area contributed by atoms with Crippen LogP contribution in [0.25, 0.3) is 0 Å². The Labute approximate surface area is 139 Å². The van der Waals surface area contributed by atoms with Crippen molar-refractivity contribution in [3.05, 3.63) is 34.9 Å². The average Bonchev–Trinajstić information content (AvgIpc) is 2.47. The van der Waals surface area contributed by atoms with Gasteiger partial charge in [-0.15, -0.1) is 0 Å². The number of halogens is 1. The number of hydrogen-bond donors (Lipinski definition) is 1. The number of ether oxygens (including phenoxy) is 1. The van der Waals surface area contributed by atoms with Gasteiger partial charge in [-0.2, -0.15) is 0 Å². The van der Waals surface area contributed by atoms with E-state index >= 15 is 0 Å². The predicted octanol–water partition coefficient (Wildman–Crippen LogP) is 3.52. The number of β-amino-alcohol motifs (C(OH)–C–C–N with tert-alkyl or cyclic N) is 1. The van der Waals surface area contributed by atoms with Crippen LogP contribution >= 0.6 is 11.6 Å². The van der Waals surface area contributed by atoms with E-state index in [1.807, 2.05) is 32.0 Å². The Balaban J connectivity index is 1.90. The summed E-state index contributed by atoms with van der Waals surface area (Å²) in [6.45, 7) is 6.16. The number of aliphatic hydroxyl groups is 1. The van der Waals surface area contributed by atoms with Crippen molar-refractivity contribution in [1.29, 1.82) is 0 Å².